The predicted octanol–water partition coefficient (Wildman–Crippen LogP) is -0.342. The van der Waals surface area contributed by atoms with Crippen molar-refractivity contribution in [2.75, 3.05) is 20.3 Å². The first-order valence-electron chi connectivity index (χ1n) is 11.3. The third-order valence-corrected chi connectivity index (χ3v) is 4.99. The molecular formula is C23H32FNO13. The zero-order valence-electron chi connectivity index (χ0n) is 21.8. The van der Waals surface area contributed by atoms with Gasteiger partial charge in [0.2, 0.25) is 12.1 Å². The Morgan fingerprint density at radius 1 is 1.00 bits per heavy atom. The van der Waals surface area contributed by atoms with Crippen LogP contribution in [0.2, 0.25) is 0 Å². The summed E-state index contributed by atoms with van der Waals surface area (Å²) < 4.78 is 52.5. The van der Waals surface area contributed by atoms with E-state index in [1.165, 1.54) is 0 Å². The van der Waals surface area contributed by atoms with Crippen LogP contribution in [0.5, 0.6) is 0 Å². The highest BCUT2D eigenvalue weighted by atomic mass is 19.1. The summed E-state index contributed by atoms with van der Waals surface area (Å²) in [4.78, 5) is 72.3. The molecule has 0 unspecified atom stereocenters. The van der Waals surface area contributed by atoms with Gasteiger partial charge >= 0.3 is 35.6 Å². The third-order valence-electron chi connectivity index (χ3n) is 4.99. The topological polar surface area (TPSA) is 179 Å². The van der Waals surface area contributed by atoms with E-state index in [9.17, 15) is 28.8 Å². The molecular weight excluding hydrogens is 517 g/mol. The van der Waals surface area contributed by atoms with Crippen molar-refractivity contribution >= 4 is 35.8 Å². The second kappa shape index (κ2) is 14.4. The Hall–Kier alpha value is -3.59. The van der Waals surface area contributed by atoms with Gasteiger partial charge in [-0.3, -0.25) is 24.0 Å². The maximum absolute atomic E-state index is 16.1. The number of carbonyl (C=O) groups is 6. The number of hydrogen-bond acceptors (Lipinski definition) is 13. The molecule has 0 saturated carbocycles. The van der Waals surface area contributed by atoms with Crippen LogP contribution >= 0.6 is 0 Å². The molecule has 1 rings (SSSR count). The molecule has 1 amide bonds. The Kier molecular flexibility index (Phi) is 12.3. The molecule has 0 aromatic heterocycles. The SMILES string of the molecule is C=CCO[C@@]1(C(=O)OC)O[C@@H]([C@H](OC(C)=O)[C@@H](COC(C)=O)OC(C)=O)[C@H](NC(C)=O)[C@@H](OC(C)=O)[C@@H]1F. The molecule has 38 heavy (non-hydrogen) atoms. The van der Waals surface area contributed by atoms with Crippen molar-refractivity contribution in [3.05, 3.63) is 12.7 Å². The maximum atomic E-state index is 16.1. The van der Waals surface area contributed by atoms with Crippen molar-refractivity contribution in [2.24, 2.45) is 0 Å². The molecule has 1 heterocycles. The van der Waals surface area contributed by atoms with Crippen LogP contribution in [0.25, 0.3) is 0 Å². The van der Waals surface area contributed by atoms with Gasteiger partial charge in [-0.1, -0.05) is 6.08 Å². The van der Waals surface area contributed by atoms with Crippen LogP contribution in [0.4, 0.5) is 4.39 Å². The summed E-state index contributed by atoms with van der Waals surface area (Å²) in [6.07, 6.45) is -8.64. The quantitative estimate of drug-likeness (QED) is 0.190. The Labute approximate surface area is 218 Å². The molecule has 0 radical (unpaired) electrons. The number of carbonyl (C=O) groups excluding carboxylic acids is 6. The lowest BCUT2D eigenvalue weighted by molar-refractivity contribution is -0.335. The lowest BCUT2D eigenvalue weighted by atomic mass is 9.86. The molecule has 0 aromatic rings. The molecule has 1 saturated heterocycles. The van der Waals surface area contributed by atoms with Gasteiger partial charge in [0.25, 0.3) is 0 Å². The van der Waals surface area contributed by atoms with Crippen LogP contribution in [0, 0.1) is 0 Å². The zero-order chi connectivity index (χ0) is 29.2. The van der Waals surface area contributed by atoms with Crippen molar-refractivity contribution in [1.82, 2.24) is 5.32 Å². The van der Waals surface area contributed by atoms with E-state index in [1.807, 2.05) is 0 Å². The molecule has 7 atom stereocenters. The summed E-state index contributed by atoms with van der Waals surface area (Å²) in [5, 5.41) is 2.35. The van der Waals surface area contributed by atoms with Crippen molar-refractivity contribution in [2.45, 2.75) is 77.0 Å². The van der Waals surface area contributed by atoms with Crippen molar-refractivity contribution < 1.29 is 66.3 Å². The van der Waals surface area contributed by atoms with Gasteiger partial charge in [0.15, 0.2) is 18.3 Å². The van der Waals surface area contributed by atoms with E-state index in [1.54, 1.807) is 0 Å². The van der Waals surface area contributed by atoms with Crippen molar-refractivity contribution in [3.8, 4) is 0 Å². The zero-order valence-corrected chi connectivity index (χ0v) is 21.8. The van der Waals surface area contributed by atoms with Gasteiger partial charge in [-0.25, -0.2) is 9.18 Å². The maximum Gasteiger partial charge on any atom is 0.370 e. The molecule has 1 aliphatic heterocycles. The first kappa shape index (κ1) is 32.4. The van der Waals surface area contributed by atoms with E-state index in [-0.39, 0.29) is 0 Å². The third kappa shape index (κ3) is 8.48. The number of methoxy groups -OCH3 is 1. The normalized spacial score (nSPS) is 26.1. The van der Waals surface area contributed by atoms with Crippen molar-refractivity contribution in [1.29, 1.82) is 0 Å². The second-order valence-corrected chi connectivity index (χ2v) is 8.07. The Balaban J connectivity index is 3.90. The number of amides is 1. The van der Waals surface area contributed by atoms with E-state index in [2.05, 4.69) is 16.6 Å². The largest absolute Gasteiger partial charge is 0.465 e. The first-order chi connectivity index (χ1) is 17.7. The average molecular weight is 550 g/mol. The Bertz CT molecular complexity index is 925. The number of rotatable bonds is 12. The van der Waals surface area contributed by atoms with Crippen LogP contribution in [0.1, 0.15) is 34.6 Å². The number of nitrogens with one attached hydrogen (secondary N) is 1. The molecule has 14 nitrogen and oxygen atoms in total. The summed E-state index contributed by atoms with van der Waals surface area (Å²) in [6.45, 7) is 7.30. The summed E-state index contributed by atoms with van der Waals surface area (Å²) >= 11 is 0. The van der Waals surface area contributed by atoms with E-state index in [0.717, 1.165) is 47.8 Å². The molecule has 0 aromatic carbocycles. The molecule has 1 N–H and O–H groups in total. The summed E-state index contributed by atoms with van der Waals surface area (Å²) in [5.41, 5.74) is 0. The molecule has 15 heteroatoms. The van der Waals surface area contributed by atoms with Crippen LogP contribution in [-0.2, 0) is 61.9 Å². The Morgan fingerprint density at radius 3 is 2.05 bits per heavy atom. The van der Waals surface area contributed by atoms with E-state index in [0.29, 0.717) is 0 Å². The van der Waals surface area contributed by atoms with Gasteiger partial charge in [-0.15, -0.1) is 6.58 Å². The van der Waals surface area contributed by atoms with Gasteiger partial charge in [0.1, 0.15) is 12.7 Å². The summed E-state index contributed by atoms with van der Waals surface area (Å²) in [6, 6.07) is -1.66. The smallest absolute Gasteiger partial charge is 0.370 e. The molecule has 0 spiro atoms. The monoisotopic (exact) mass is 549 g/mol. The van der Waals surface area contributed by atoms with Crippen LogP contribution in [-0.4, -0.2) is 98.5 Å². The minimum atomic E-state index is -2.94. The molecule has 1 aliphatic rings. The van der Waals surface area contributed by atoms with Gasteiger partial charge < -0.3 is 38.5 Å². The fourth-order valence-corrected chi connectivity index (χ4v) is 3.73. The van der Waals surface area contributed by atoms with Crippen LogP contribution in [0.15, 0.2) is 12.7 Å². The first-order valence-corrected chi connectivity index (χ1v) is 11.3. The lowest BCUT2D eigenvalue weighted by Crippen LogP contribution is -2.74. The number of halogens is 1. The highest BCUT2D eigenvalue weighted by Gasteiger charge is 2.66. The molecule has 0 aliphatic carbocycles. The average Bonchev–Trinajstić information content (AvgIpc) is 2.81. The molecule has 214 valence electrons. The number of esters is 5. The summed E-state index contributed by atoms with van der Waals surface area (Å²) in [5.74, 6) is -8.82. The minimum absolute atomic E-state index is 0.473. The molecule has 0 bridgehead atoms. The molecule has 1 fully saturated rings. The highest BCUT2D eigenvalue weighted by Crippen LogP contribution is 2.39. The minimum Gasteiger partial charge on any atom is -0.465 e. The van der Waals surface area contributed by atoms with Crippen molar-refractivity contribution in [3.63, 3.8) is 0 Å². The Morgan fingerprint density at radius 2 is 1.61 bits per heavy atom. The fourth-order valence-electron chi connectivity index (χ4n) is 3.73. The standard InChI is InChI=1S/C23H32FNO13/c1-8-9-34-23(22(31)32-7)21(24)20(37-15(6)30)17(25-11(2)26)19(38-23)18(36-14(5)29)16(35-13(4)28)10-33-12(3)27/h8,16-21H,1,9-10H2,2-7H3,(H,25,26)/t16-,17+,18-,19-,20-,21+,23-/m1/s1. The van der Waals surface area contributed by atoms with E-state index < -0.39 is 91.4 Å². The van der Waals surface area contributed by atoms with Gasteiger partial charge in [-0.05, 0) is 0 Å². The van der Waals surface area contributed by atoms with E-state index in [4.69, 9.17) is 28.4 Å². The second-order valence-electron chi connectivity index (χ2n) is 8.07. The van der Waals surface area contributed by atoms with Crippen LogP contribution in [0.3, 0.4) is 0 Å². The van der Waals surface area contributed by atoms with Gasteiger partial charge in [0.05, 0.1) is 19.8 Å². The predicted molar refractivity (Wildman–Crippen MR) is 122 cm³/mol. The fraction of sp³-hybridized carbons (Fsp3) is 0.652. The van der Waals surface area contributed by atoms with Gasteiger partial charge in [0, 0.05) is 34.6 Å². The number of alkyl halides is 1. The van der Waals surface area contributed by atoms with Gasteiger partial charge in [-0.2, -0.15) is 0 Å². The highest BCUT2D eigenvalue weighted by molar-refractivity contribution is 5.80. The number of hydrogen-bond donors (Lipinski definition) is 1. The van der Waals surface area contributed by atoms with E-state index >= 15 is 4.39 Å². The lowest BCUT2D eigenvalue weighted by Gasteiger charge is -2.49. The van der Waals surface area contributed by atoms with Crippen LogP contribution < -0.4 is 5.32 Å². The number of ether oxygens (including phenoxy) is 7. The summed E-state index contributed by atoms with van der Waals surface area (Å²) in [7, 11) is 0.902.